The molecule has 1 atom stereocenters. The summed E-state index contributed by atoms with van der Waals surface area (Å²) < 4.78 is 24.1. The summed E-state index contributed by atoms with van der Waals surface area (Å²) in [4.78, 5) is 13.9. The molecule has 0 saturated carbocycles. The summed E-state index contributed by atoms with van der Waals surface area (Å²) in [5.41, 5.74) is 1.12. The van der Waals surface area contributed by atoms with Crippen molar-refractivity contribution in [2.75, 3.05) is 13.7 Å². The maximum absolute atomic E-state index is 13.3. The molecule has 7 heteroatoms. The van der Waals surface area contributed by atoms with Crippen LogP contribution in [0.4, 0.5) is 4.39 Å². The highest BCUT2D eigenvalue weighted by Crippen LogP contribution is 2.36. The van der Waals surface area contributed by atoms with Crippen LogP contribution in [0.5, 0.6) is 11.5 Å². The molecule has 0 saturated heterocycles. The third-order valence-electron chi connectivity index (χ3n) is 4.09. The number of thiophene rings is 1. The number of hydrogen-bond donors (Lipinski definition) is 1. The van der Waals surface area contributed by atoms with Gasteiger partial charge in [-0.05, 0) is 48.2 Å². The fourth-order valence-corrected chi connectivity index (χ4v) is 3.85. The van der Waals surface area contributed by atoms with E-state index in [1.165, 1.54) is 30.6 Å². The number of hydrogen-bond acceptors (Lipinski definition) is 4. The molecule has 0 fully saturated rings. The Morgan fingerprint density at radius 3 is 2.61 bits per heavy atom. The van der Waals surface area contributed by atoms with Gasteiger partial charge >= 0.3 is 0 Å². The molecule has 1 heterocycles. The van der Waals surface area contributed by atoms with Crippen LogP contribution in [0.1, 0.15) is 33.8 Å². The standard InChI is InChI=1S/C21H19ClFNO3S/c1-3-27-20-16(22)11-14(12-17(20)26-2)21(25)24-19(18-5-4-10-28-18)13-6-8-15(23)9-7-13/h4-12,19H,3H2,1-2H3,(H,24,25). The molecule has 0 spiro atoms. The SMILES string of the molecule is CCOc1c(Cl)cc(C(=O)NC(c2ccc(F)cc2)c2cccs2)cc1OC. The minimum atomic E-state index is -0.413. The van der Waals surface area contributed by atoms with Gasteiger partial charge in [0.2, 0.25) is 0 Å². The summed E-state index contributed by atoms with van der Waals surface area (Å²) in [6, 6.07) is 12.6. The first kappa shape index (κ1) is 20.2. The highest BCUT2D eigenvalue weighted by Gasteiger charge is 2.21. The van der Waals surface area contributed by atoms with Gasteiger partial charge < -0.3 is 14.8 Å². The maximum Gasteiger partial charge on any atom is 0.252 e. The molecule has 0 aliphatic heterocycles. The summed E-state index contributed by atoms with van der Waals surface area (Å²) in [6.07, 6.45) is 0. The number of carbonyl (C=O) groups is 1. The summed E-state index contributed by atoms with van der Waals surface area (Å²) in [7, 11) is 1.49. The van der Waals surface area contributed by atoms with Gasteiger partial charge in [0.1, 0.15) is 5.82 Å². The lowest BCUT2D eigenvalue weighted by atomic mass is 10.0. The Morgan fingerprint density at radius 2 is 2.00 bits per heavy atom. The molecule has 3 rings (SSSR count). The van der Waals surface area contributed by atoms with E-state index in [9.17, 15) is 9.18 Å². The van der Waals surface area contributed by atoms with Gasteiger partial charge in [-0.1, -0.05) is 29.8 Å². The van der Waals surface area contributed by atoms with Crippen molar-refractivity contribution in [1.29, 1.82) is 0 Å². The van der Waals surface area contributed by atoms with E-state index < -0.39 is 6.04 Å². The monoisotopic (exact) mass is 419 g/mol. The van der Waals surface area contributed by atoms with Crippen LogP contribution in [0.3, 0.4) is 0 Å². The van der Waals surface area contributed by atoms with E-state index >= 15 is 0 Å². The fraction of sp³-hybridized carbons (Fsp3) is 0.190. The molecule has 1 unspecified atom stereocenters. The van der Waals surface area contributed by atoms with Crippen LogP contribution in [0.2, 0.25) is 5.02 Å². The molecule has 1 aromatic heterocycles. The van der Waals surface area contributed by atoms with Gasteiger partial charge in [-0.25, -0.2) is 4.39 Å². The molecule has 1 amide bonds. The Kier molecular flexibility index (Phi) is 6.54. The first-order valence-corrected chi connectivity index (χ1v) is 9.89. The van der Waals surface area contributed by atoms with Gasteiger partial charge in [-0.15, -0.1) is 11.3 Å². The number of ether oxygens (including phenoxy) is 2. The average molecular weight is 420 g/mol. The van der Waals surface area contributed by atoms with Crippen molar-refractivity contribution >= 4 is 28.8 Å². The zero-order valence-corrected chi connectivity index (χ0v) is 16.9. The normalized spacial score (nSPS) is 11.7. The number of halogens is 2. The van der Waals surface area contributed by atoms with Crippen LogP contribution >= 0.6 is 22.9 Å². The van der Waals surface area contributed by atoms with E-state index in [1.54, 1.807) is 24.3 Å². The minimum Gasteiger partial charge on any atom is -0.493 e. The zero-order chi connectivity index (χ0) is 20.1. The van der Waals surface area contributed by atoms with Gasteiger partial charge in [-0.3, -0.25) is 4.79 Å². The summed E-state index contributed by atoms with van der Waals surface area (Å²) in [5.74, 6) is 0.125. The smallest absolute Gasteiger partial charge is 0.252 e. The number of rotatable bonds is 7. The molecular formula is C21H19ClFNO3S. The van der Waals surface area contributed by atoms with Crippen molar-refractivity contribution in [3.8, 4) is 11.5 Å². The van der Waals surface area contributed by atoms with E-state index in [-0.39, 0.29) is 11.7 Å². The Hall–Kier alpha value is -2.57. The molecule has 0 aliphatic carbocycles. The van der Waals surface area contributed by atoms with E-state index in [0.29, 0.717) is 28.7 Å². The number of carbonyl (C=O) groups excluding carboxylic acids is 1. The van der Waals surface area contributed by atoms with Crippen LogP contribution in [0.15, 0.2) is 53.9 Å². The van der Waals surface area contributed by atoms with Gasteiger partial charge in [0.15, 0.2) is 11.5 Å². The molecule has 2 aromatic carbocycles. The second kappa shape index (κ2) is 9.08. The average Bonchev–Trinajstić information content (AvgIpc) is 3.22. The van der Waals surface area contributed by atoms with Crippen LogP contribution in [0, 0.1) is 5.82 Å². The van der Waals surface area contributed by atoms with E-state index in [0.717, 1.165) is 10.4 Å². The van der Waals surface area contributed by atoms with E-state index in [2.05, 4.69) is 5.32 Å². The van der Waals surface area contributed by atoms with Crippen molar-refractivity contribution in [2.24, 2.45) is 0 Å². The van der Waals surface area contributed by atoms with Crippen LogP contribution in [0.25, 0.3) is 0 Å². The largest absolute Gasteiger partial charge is 0.493 e. The van der Waals surface area contributed by atoms with Crippen molar-refractivity contribution in [2.45, 2.75) is 13.0 Å². The number of amides is 1. The molecular weight excluding hydrogens is 401 g/mol. The Labute approximate surface area is 171 Å². The van der Waals surface area contributed by atoms with Gasteiger partial charge in [-0.2, -0.15) is 0 Å². The third-order valence-corrected chi connectivity index (χ3v) is 5.30. The molecule has 28 heavy (non-hydrogen) atoms. The Morgan fingerprint density at radius 1 is 1.25 bits per heavy atom. The molecule has 4 nitrogen and oxygen atoms in total. The number of nitrogens with one attached hydrogen (secondary N) is 1. The van der Waals surface area contributed by atoms with E-state index in [1.807, 2.05) is 24.4 Å². The molecule has 3 aromatic rings. The lowest BCUT2D eigenvalue weighted by Crippen LogP contribution is -2.29. The zero-order valence-electron chi connectivity index (χ0n) is 15.4. The Balaban J connectivity index is 1.92. The van der Waals surface area contributed by atoms with Crippen molar-refractivity contribution in [3.63, 3.8) is 0 Å². The lowest BCUT2D eigenvalue weighted by molar-refractivity contribution is 0.0943. The number of methoxy groups -OCH3 is 1. The first-order valence-electron chi connectivity index (χ1n) is 8.63. The highest BCUT2D eigenvalue weighted by molar-refractivity contribution is 7.10. The van der Waals surface area contributed by atoms with Crippen LogP contribution in [-0.4, -0.2) is 19.6 Å². The molecule has 0 bridgehead atoms. The third kappa shape index (κ3) is 4.46. The predicted octanol–water partition coefficient (Wildman–Crippen LogP) is 5.47. The van der Waals surface area contributed by atoms with Gasteiger partial charge in [0, 0.05) is 10.4 Å². The Bertz CT molecular complexity index is 945. The highest BCUT2D eigenvalue weighted by atomic mass is 35.5. The maximum atomic E-state index is 13.3. The minimum absolute atomic E-state index is 0.292. The predicted molar refractivity (Wildman–Crippen MR) is 109 cm³/mol. The van der Waals surface area contributed by atoms with Gasteiger partial charge in [0.25, 0.3) is 5.91 Å². The van der Waals surface area contributed by atoms with Crippen LogP contribution in [-0.2, 0) is 0 Å². The topological polar surface area (TPSA) is 47.6 Å². The first-order chi connectivity index (χ1) is 13.5. The summed E-state index contributed by atoms with van der Waals surface area (Å²) in [5, 5.41) is 5.21. The molecule has 0 radical (unpaired) electrons. The molecule has 0 aliphatic rings. The van der Waals surface area contributed by atoms with Crippen molar-refractivity contribution in [3.05, 3.63) is 80.8 Å². The van der Waals surface area contributed by atoms with Gasteiger partial charge in [0.05, 0.1) is 24.8 Å². The van der Waals surface area contributed by atoms with Crippen molar-refractivity contribution < 1.29 is 18.7 Å². The number of benzene rings is 2. The second-order valence-corrected chi connectivity index (χ2v) is 7.28. The molecule has 146 valence electrons. The summed E-state index contributed by atoms with van der Waals surface area (Å²) >= 11 is 7.79. The van der Waals surface area contributed by atoms with Crippen LogP contribution < -0.4 is 14.8 Å². The molecule has 1 N–H and O–H groups in total. The lowest BCUT2D eigenvalue weighted by Gasteiger charge is -2.19. The van der Waals surface area contributed by atoms with E-state index in [4.69, 9.17) is 21.1 Å². The summed E-state index contributed by atoms with van der Waals surface area (Å²) in [6.45, 7) is 2.26. The fourth-order valence-electron chi connectivity index (χ4n) is 2.78. The van der Waals surface area contributed by atoms with Crippen molar-refractivity contribution in [1.82, 2.24) is 5.32 Å². The quantitative estimate of drug-likeness (QED) is 0.552. The second-order valence-electron chi connectivity index (χ2n) is 5.90.